The number of carbonyl (C=O) groups is 1. The highest BCUT2D eigenvalue weighted by Gasteiger charge is 2.33. The Morgan fingerprint density at radius 2 is 2.00 bits per heavy atom. The highest BCUT2D eigenvalue weighted by molar-refractivity contribution is 6.31. The van der Waals surface area contributed by atoms with Crippen LogP contribution in [0.5, 0.6) is 5.75 Å². The highest BCUT2D eigenvalue weighted by atomic mass is 35.5. The lowest BCUT2D eigenvalue weighted by molar-refractivity contribution is -0.142. The number of aliphatic carboxylic acids is 1. The molecule has 0 radical (unpaired) electrons. The van der Waals surface area contributed by atoms with Gasteiger partial charge in [0.1, 0.15) is 5.75 Å². The molecule has 0 atom stereocenters. The van der Waals surface area contributed by atoms with Crippen molar-refractivity contribution in [3.8, 4) is 5.75 Å². The summed E-state index contributed by atoms with van der Waals surface area (Å²) in [6, 6.07) is 3.41. The Labute approximate surface area is 100.0 Å². The Bertz CT molecular complexity index is 425. The summed E-state index contributed by atoms with van der Waals surface area (Å²) in [5, 5.41) is 9.72. The Kier molecular flexibility index (Phi) is 3.48. The summed E-state index contributed by atoms with van der Waals surface area (Å²) >= 11 is 6.01. The Hall–Kier alpha value is -1.22. The van der Waals surface area contributed by atoms with Crippen molar-refractivity contribution in [3.63, 3.8) is 0 Å². The van der Waals surface area contributed by atoms with Gasteiger partial charge in [0, 0.05) is 10.6 Å². The molecule has 0 saturated carbocycles. The number of aryl methyl sites for hydroxylation is 1. The predicted molar refractivity (Wildman–Crippen MR) is 63.4 cm³/mol. The zero-order valence-electron chi connectivity index (χ0n) is 9.80. The van der Waals surface area contributed by atoms with Gasteiger partial charge in [-0.1, -0.05) is 11.6 Å². The quantitative estimate of drug-likeness (QED) is 0.886. The molecule has 0 aromatic heterocycles. The van der Waals surface area contributed by atoms with Crippen LogP contribution in [0.2, 0.25) is 5.02 Å². The van der Waals surface area contributed by atoms with E-state index in [9.17, 15) is 9.90 Å². The van der Waals surface area contributed by atoms with Crippen molar-refractivity contribution in [2.45, 2.75) is 26.2 Å². The molecule has 0 aliphatic heterocycles. The molecule has 3 nitrogen and oxygen atoms in total. The Morgan fingerprint density at radius 3 is 2.44 bits per heavy atom. The molecule has 0 amide bonds. The van der Waals surface area contributed by atoms with Crippen molar-refractivity contribution in [1.29, 1.82) is 0 Å². The van der Waals surface area contributed by atoms with Crippen LogP contribution < -0.4 is 4.74 Å². The minimum absolute atomic E-state index is 0.546. The maximum atomic E-state index is 11.2. The number of hydrogen-bond donors (Lipinski definition) is 1. The molecule has 0 aliphatic rings. The first kappa shape index (κ1) is 12.8. The van der Waals surface area contributed by atoms with E-state index in [-0.39, 0.29) is 0 Å². The van der Waals surface area contributed by atoms with E-state index >= 15 is 0 Å². The molecule has 0 saturated heterocycles. The average molecular weight is 243 g/mol. The van der Waals surface area contributed by atoms with E-state index in [4.69, 9.17) is 16.3 Å². The van der Waals surface area contributed by atoms with E-state index in [1.165, 1.54) is 7.11 Å². The minimum Gasteiger partial charge on any atom is -0.496 e. The molecule has 0 aliphatic carbocycles. The van der Waals surface area contributed by atoms with Crippen LogP contribution in [0.4, 0.5) is 0 Å². The smallest absolute Gasteiger partial charge is 0.313 e. The molecule has 1 N–H and O–H groups in total. The van der Waals surface area contributed by atoms with E-state index in [0.717, 1.165) is 5.56 Å². The molecule has 1 rings (SSSR count). The minimum atomic E-state index is -1.03. The van der Waals surface area contributed by atoms with E-state index in [0.29, 0.717) is 16.3 Å². The fourth-order valence-electron chi connectivity index (χ4n) is 1.43. The van der Waals surface area contributed by atoms with Crippen LogP contribution in [0.3, 0.4) is 0 Å². The first-order valence-electron chi connectivity index (χ1n) is 4.88. The lowest BCUT2D eigenvalue weighted by Gasteiger charge is -2.23. The van der Waals surface area contributed by atoms with Gasteiger partial charge >= 0.3 is 5.97 Å². The van der Waals surface area contributed by atoms with Gasteiger partial charge in [-0.25, -0.2) is 0 Å². The number of rotatable bonds is 3. The summed E-state index contributed by atoms with van der Waals surface area (Å²) in [4.78, 5) is 11.2. The number of methoxy groups -OCH3 is 1. The van der Waals surface area contributed by atoms with Crippen molar-refractivity contribution in [3.05, 3.63) is 28.3 Å². The second-order valence-corrected chi connectivity index (χ2v) is 4.64. The first-order valence-corrected chi connectivity index (χ1v) is 5.26. The van der Waals surface area contributed by atoms with Crippen molar-refractivity contribution in [1.82, 2.24) is 0 Å². The van der Waals surface area contributed by atoms with Gasteiger partial charge < -0.3 is 9.84 Å². The lowest BCUT2D eigenvalue weighted by atomic mass is 9.83. The van der Waals surface area contributed by atoms with Crippen LogP contribution in [0.15, 0.2) is 12.1 Å². The van der Waals surface area contributed by atoms with E-state index < -0.39 is 11.4 Å². The van der Waals surface area contributed by atoms with Crippen molar-refractivity contribution >= 4 is 17.6 Å². The van der Waals surface area contributed by atoms with Crippen LogP contribution in [-0.4, -0.2) is 18.2 Å². The first-order chi connectivity index (χ1) is 7.30. The molecule has 0 unspecified atom stereocenters. The molecule has 0 spiro atoms. The standard InChI is InChI=1S/C12H15ClO3/c1-7-5-10(16-4)8(6-9(7)13)12(2,3)11(14)15/h5-6H,1-4H3,(H,14,15). The topological polar surface area (TPSA) is 46.5 Å². The molecule has 16 heavy (non-hydrogen) atoms. The maximum Gasteiger partial charge on any atom is 0.313 e. The van der Waals surface area contributed by atoms with Crippen molar-refractivity contribution < 1.29 is 14.6 Å². The highest BCUT2D eigenvalue weighted by Crippen LogP contribution is 2.35. The van der Waals surface area contributed by atoms with Crippen molar-refractivity contribution in [2.75, 3.05) is 7.11 Å². The van der Waals surface area contributed by atoms with Gasteiger partial charge in [-0.15, -0.1) is 0 Å². The summed E-state index contributed by atoms with van der Waals surface area (Å²) in [5.41, 5.74) is 0.421. The largest absolute Gasteiger partial charge is 0.496 e. The molecule has 4 heteroatoms. The van der Waals surface area contributed by atoms with Gasteiger partial charge in [0.2, 0.25) is 0 Å². The SMILES string of the molecule is COc1cc(C)c(Cl)cc1C(C)(C)C(=O)O. The predicted octanol–water partition coefficient (Wildman–Crippen LogP) is 3.02. The fourth-order valence-corrected chi connectivity index (χ4v) is 1.59. The number of hydrogen-bond acceptors (Lipinski definition) is 2. The van der Waals surface area contributed by atoms with Gasteiger partial charge in [0.25, 0.3) is 0 Å². The fraction of sp³-hybridized carbons (Fsp3) is 0.417. The number of ether oxygens (including phenoxy) is 1. The normalized spacial score (nSPS) is 11.3. The summed E-state index contributed by atoms with van der Waals surface area (Å²) in [5.74, 6) is -0.361. The Balaban J connectivity index is 3.43. The molecule has 0 fully saturated rings. The van der Waals surface area contributed by atoms with Gasteiger partial charge in [-0.05, 0) is 38.5 Å². The van der Waals surface area contributed by atoms with Gasteiger partial charge in [-0.3, -0.25) is 4.79 Å². The number of halogens is 1. The summed E-state index contributed by atoms with van der Waals surface area (Å²) < 4.78 is 5.20. The molecule has 1 aromatic rings. The third-order valence-corrected chi connectivity index (χ3v) is 3.10. The molecule has 0 heterocycles. The molecular weight excluding hydrogens is 228 g/mol. The summed E-state index contributed by atoms with van der Waals surface area (Å²) in [6.07, 6.45) is 0. The van der Waals surface area contributed by atoms with Crippen LogP contribution in [0.1, 0.15) is 25.0 Å². The zero-order valence-corrected chi connectivity index (χ0v) is 10.6. The number of benzene rings is 1. The second-order valence-electron chi connectivity index (χ2n) is 4.23. The van der Waals surface area contributed by atoms with E-state index in [1.807, 2.05) is 6.92 Å². The monoisotopic (exact) mass is 242 g/mol. The maximum absolute atomic E-state index is 11.2. The molecule has 88 valence electrons. The summed E-state index contributed by atoms with van der Waals surface area (Å²) in [7, 11) is 1.52. The van der Waals surface area contributed by atoms with Crippen LogP contribution in [0, 0.1) is 6.92 Å². The summed E-state index contributed by atoms with van der Waals surface area (Å²) in [6.45, 7) is 5.10. The van der Waals surface area contributed by atoms with Crippen LogP contribution in [-0.2, 0) is 10.2 Å². The second kappa shape index (κ2) is 4.34. The van der Waals surface area contributed by atoms with Gasteiger partial charge in [-0.2, -0.15) is 0 Å². The van der Waals surface area contributed by atoms with Gasteiger partial charge in [0.05, 0.1) is 12.5 Å². The third-order valence-electron chi connectivity index (χ3n) is 2.69. The van der Waals surface area contributed by atoms with Crippen molar-refractivity contribution in [2.24, 2.45) is 0 Å². The van der Waals surface area contributed by atoms with Crippen LogP contribution >= 0.6 is 11.6 Å². The molecule has 0 bridgehead atoms. The lowest BCUT2D eigenvalue weighted by Crippen LogP contribution is -2.29. The van der Waals surface area contributed by atoms with Crippen LogP contribution in [0.25, 0.3) is 0 Å². The molecular formula is C12H15ClO3. The zero-order chi connectivity index (χ0) is 12.5. The average Bonchev–Trinajstić information content (AvgIpc) is 2.20. The van der Waals surface area contributed by atoms with Gasteiger partial charge in [0.15, 0.2) is 0 Å². The molecule has 1 aromatic carbocycles. The number of carboxylic acids is 1. The third kappa shape index (κ3) is 2.14. The number of carboxylic acid groups (broad SMARTS) is 1. The van der Waals surface area contributed by atoms with E-state index in [1.54, 1.807) is 26.0 Å². The Morgan fingerprint density at radius 1 is 1.44 bits per heavy atom. The van der Waals surface area contributed by atoms with E-state index in [2.05, 4.69) is 0 Å².